The Morgan fingerprint density at radius 1 is 1.25 bits per heavy atom. The summed E-state index contributed by atoms with van der Waals surface area (Å²) in [6.07, 6.45) is 4.80. The fraction of sp³-hybridized carbons (Fsp3) is 0.471. The maximum absolute atomic E-state index is 12.2. The zero-order chi connectivity index (χ0) is 16.9. The molecule has 1 fully saturated rings. The molecule has 0 atom stereocenters. The molecule has 1 aromatic carbocycles. The lowest BCUT2D eigenvalue weighted by molar-refractivity contribution is 0.0946. The smallest absolute Gasteiger partial charge is 0.253 e. The van der Waals surface area contributed by atoms with Gasteiger partial charge in [0, 0.05) is 24.2 Å². The third-order valence-electron chi connectivity index (χ3n) is 4.28. The van der Waals surface area contributed by atoms with Crippen LogP contribution in [0.2, 0.25) is 0 Å². The molecule has 24 heavy (non-hydrogen) atoms. The average Bonchev–Trinajstić information content (AvgIpc) is 2.61. The molecule has 7 heteroatoms. The second kappa shape index (κ2) is 7.55. The lowest BCUT2D eigenvalue weighted by Gasteiger charge is -2.26. The first-order chi connectivity index (χ1) is 11.7. The zero-order valence-corrected chi connectivity index (χ0v) is 13.4. The SMILES string of the molecule is O=C(NCCO)c1cccc2cnc(N[C@H]3CC[C@H](O)CC3)nc12. The standard InChI is InChI=1S/C17H22N4O3/c22-9-8-18-16(24)14-3-1-2-11-10-19-17(21-15(11)14)20-12-4-6-13(23)7-5-12/h1-3,10,12-13,22-23H,4-9H2,(H,18,24)(H,19,20,21)/t12-,13-. The van der Waals surface area contributed by atoms with Crippen LogP contribution in [0.3, 0.4) is 0 Å². The molecule has 1 saturated carbocycles. The number of carbonyl (C=O) groups is 1. The highest BCUT2D eigenvalue weighted by Gasteiger charge is 2.20. The number of hydrogen-bond donors (Lipinski definition) is 4. The summed E-state index contributed by atoms with van der Waals surface area (Å²) in [5.74, 6) is 0.228. The predicted octanol–water partition coefficient (Wildman–Crippen LogP) is 1.07. The van der Waals surface area contributed by atoms with Gasteiger partial charge in [-0.05, 0) is 31.7 Å². The van der Waals surface area contributed by atoms with E-state index in [2.05, 4.69) is 20.6 Å². The van der Waals surface area contributed by atoms with Gasteiger partial charge in [-0.15, -0.1) is 0 Å². The summed E-state index contributed by atoms with van der Waals surface area (Å²) < 4.78 is 0. The van der Waals surface area contributed by atoms with Crippen LogP contribution >= 0.6 is 0 Å². The molecule has 1 aromatic heterocycles. The Morgan fingerprint density at radius 3 is 2.79 bits per heavy atom. The van der Waals surface area contributed by atoms with E-state index >= 15 is 0 Å². The van der Waals surface area contributed by atoms with E-state index < -0.39 is 0 Å². The molecule has 0 bridgehead atoms. The number of aromatic nitrogens is 2. The zero-order valence-electron chi connectivity index (χ0n) is 13.4. The molecular weight excluding hydrogens is 308 g/mol. The summed E-state index contributed by atoms with van der Waals surface area (Å²) in [5, 5.41) is 25.2. The van der Waals surface area contributed by atoms with E-state index in [-0.39, 0.29) is 31.2 Å². The molecular formula is C17H22N4O3. The van der Waals surface area contributed by atoms with E-state index in [1.165, 1.54) is 0 Å². The maximum atomic E-state index is 12.2. The van der Waals surface area contributed by atoms with E-state index in [1.807, 2.05) is 6.07 Å². The Bertz CT molecular complexity index is 714. The molecule has 0 spiro atoms. The summed E-state index contributed by atoms with van der Waals surface area (Å²) in [5.41, 5.74) is 1.05. The molecule has 7 nitrogen and oxygen atoms in total. The summed E-state index contributed by atoms with van der Waals surface area (Å²) >= 11 is 0. The van der Waals surface area contributed by atoms with E-state index in [0.29, 0.717) is 17.0 Å². The topological polar surface area (TPSA) is 107 Å². The fourth-order valence-electron chi connectivity index (χ4n) is 2.98. The minimum Gasteiger partial charge on any atom is -0.395 e. The molecule has 1 aliphatic rings. The fourth-order valence-corrected chi connectivity index (χ4v) is 2.98. The van der Waals surface area contributed by atoms with Crippen LogP contribution in [0.15, 0.2) is 24.4 Å². The van der Waals surface area contributed by atoms with Gasteiger partial charge in [-0.25, -0.2) is 9.97 Å². The molecule has 0 aliphatic heterocycles. The Hall–Kier alpha value is -2.25. The van der Waals surface area contributed by atoms with Gasteiger partial charge in [0.2, 0.25) is 5.95 Å². The molecule has 2 aromatic rings. The second-order valence-electron chi connectivity index (χ2n) is 6.07. The van der Waals surface area contributed by atoms with Gasteiger partial charge in [0.1, 0.15) is 0 Å². The molecule has 128 valence electrons. The van der Waals surface area contributed by atoms with Crippen LogP contribution in [-0.2, 0) is 0 Å². The van der Waals surface area contributed by atoms with Crippen LogP contribution in [0.4, 0.5) is 5.95 Å². The number of anilines is 1. The van der Waals surface area contributed by atoms with Crippen LogP contribution in [0.1, 0.15) is 36.0 Å². The number of nitrogens with zero attached hydrogens (tertiary/aromatic N) is 2. The van der Waals surface area contributed by atoms with Crippen molar-refractivity contribution in [3.63, 3.8) is 0 Å². The molecule has 4 N–H and O–H groups in total. The first-order valence-corrected chi connectivity index (χ1v) is 8.27. The van der Waals surface area contributed by atoms with Crippen LogP contribution in [0.5, 0.6) is 0 Å². The van der Waals surface area contributed by atoms with Crippen molar-refractivity contribution in [2.24, 2.45) is 0 Å². The number of amides is 1. The van der Waals surface area contributed by atoms with Crippen molar-refractivity contribution >= 4 is 22.8 Å². The lowest BCUT2D eigenvalue weighted by Crippen LogP contribution is -2.29. The highest BCUT2D eigenvalue weighted by molar-refractivity contribution is 6.05. The first-order valence-electron chi connectivity index (χ1n) is 8.27. The van der Waals surface area contributed by atoms with Gasteiger partial charge in [0.05, 0.1) is 23.8 Å². The van der Waals surface area contributed by atoms with Crippen LogP contribution in [0.25, 0.3) is 10.9 Å². The summed E-state index contributed by atoms with van der Waals surface area (Å²) in [6, 6.07) is 5.60. The van der Waals surface area contributed by atoms with Crippen molar-refractivity contribution < 1.29 is 15.0 Å². The number of carbonyl (C=O) groups excluding carboxylic acids is 1. The monoisotopic (exact) mass is 330 g/mol. The van der Waals surface area contributed by atoms with Crippen molar-refractivity contribution in [2.45, 2.75) is 37.8 Å². The van der Waals surface area contributed by atoms with Crippen molar-refractivity contribution in [3.05, 3.63) is 30.0 Å². The lowest BCUT2D eigenvalue weighted by atomic mass is 9.93. The number of rotatable bonds is 5. The molecule has 0 radical (unpaired) electrons. The van der Waals surface area contributed by atoms with Gasteiger partial charge in [-0.2, -0.15) is 0 Å². The van der Waals surface area contributed by atoms with E-state index in [4.69, 9.17) is 5.11 Å². The van der Waals surface area contributed by atoms with Gasteiger partial charge in [-0.1, -0.05) is 12.1 Å². The van der Waals surface area contributed by atoms with Gasteiger partial charge >= 0.3 is 0 Å². The third-order valence-corrected chi connectivity index (χ3v) is 4.28. The van der Waals surface area contributed by atoms with Crippen LogP contribution in [0, 0.1) is 0 Å². The van der Waals surface area contributed by atoms with Gasteiger partial charge in [0.25, 0.3) is 5.91 Å². The molecule has 0 saturated heterocycles. The second-order valence-corrected chi connectivity index (χ2v) is 6.07. The number of nitrogens with one attached hydrogen (secondary N) is 2. The summed E-state index contributed by atoms with van der Waals surface area (Å²) in [7, 11) is 0. The molecule has 1 amide bonds. The van der Waals surface area contributed by atoms with E-state index in [0.717, 1.165) is 31.1 Å². The molecule has 1 aliphatic carbocycles. The molecule has 1 heterocycles. The van der Waals surface area contributed by atoms with Crippen molar-refractivity contribution in [2.75, 3.05) is 18.5 Å². The Balaban J connectivity index is 1.82. The minimum absolute atomic E-state index is 0.105. The summed E-state index contributed by atoms with van der Waals surface area (Å²) in [6.45, 7) is 0.0988. The van der Waals surface area contributed by atoms with Gasteiger partial charge in [-0.3, -0.25) is 4.79 Å². The average molecular weight is 330 g/mol. The van der Waals surface area contributed by atoms with Crippen LogP contribution in [-0.4, -0.2) is 51.4 Å². The number of aliphatic hydroxyl groups excluding tert-OH is 2. The molecule has 0 unspecified atom stereocenters. The minimum atomic E-state index is -0.264. The highest BCUT2D eigenvalue weighted by Crippen LogP contribution is 2.22. The number of hydrogen-bond acceptors (Lipinski definition) is 6. The number of benzene rings is 1. The first kappa shape index (κ1) is 16.6. The highest BCUT2D eigenvalue weighted by atomic mass is 16.3. The number of aliphatic hydroxyl groups is 2. The normalized spacial score (nSPS) is 20.8. The Morgan fingerprint density at radius 2 is 2.04 bits per heavy atom. The van der Waals surface area contributed by atoms with Gasteiger partial charge < -0.3 is 20.8 Å². The third kappa shape index (κ3) is 3.80. The van der Waals surface area contributed by atoms with Crippen LogP contribution < -0.4 is 10.6 Å². The molecule has 3 rings (SSSR count). The largest absolute Gasteiger partial charge is 0.395 e. The number of fused-ring (bicyclic) bond motifs is 1. The Kier molecular flexibility index (Phi) is 5.22. The van der Waals surface area contributed by atoms with Crippen molar-refractivity contribution in [1.29, 1.82) is 0 Å². The predicted molar refractivity (Wildman–Crippen MR) is 90.8 cm³/mol. The van der Waals surface area contributed by atoms with E-state index in [9.17, 15) is 9.90 Å². The van der Waals surface area contributed by atoms with Crippen molar-refractivity contribution in [3.8, 4) is 0 Å². The van der Waals surface area contributed by atoms with E-state index in [1.54, 1.807) is 18.3 Å². The Labute approximate surface area is 140 Å². The van der Waals surface area contributed by atoms with Crippen molar-refractivity contribution in [1.82, 2.24) is 15.3 Å². The maximum Gasteiger partial charge on any atom is 0.253 e. The summed E-state index contributed by atoms with van der Waals surface area (Å²) in [4.78, 5) is 21.1. The quantitative estimate of drug-likeness (QED) is 0.653. The van der Waals surface area contributed by atoms with Gasteiger partial charge in [0.15, 0.2) is 0 Å². The number of para-hydroxylation sites is 1.